The van der Waals surface area contributed by atoms with Crippen LogP contribution in [0.1, 0.15) is 11.1 Å². The summed E-state index contributed by atoms with van der Waals surface area (Å²) >= 11 is 5.17. The lowest BCUT2D eigenvalue weighted by molar-refractivity contribution is 1.06. The second kappa shape index (κ2) is 6.50. The van der Waals surface area contributed by atoms with Gasteiger partial charge in [-0.25, -0.2) is 4.98 Å². The van der Waals surface area contributed by atoms with Crippen LogP contribution in [0, 0.1) is 6.92 Å². The molecule has 1 N–H and O–H groups in total. The Morgan fingerprint density at radius 3 is 2.71 bits per heavy atom. The zero-order valence-electron chi connectivity index (χ0n) is 11.6. The highest BCUT2D eigenvalue weighted by molar-refractivity contribution is 9.10. The van der Waals surface area contributed by atoms with Crippen LogP contribution in [0.5, 0.6) is 0 Å². The molecule has 0 bridgehead atoms. The normalized spacial score (nSPS) is 10.8. The van der Waals surface area contributed by atoms with Crippen molar-refractivity contribution in [3.63, 3.8) is 0 Å². The van der Waals surface area contributed by atoms with Crippen LogP contribution in [-0.4, -0.2) is 9.97 Å². The summed E-state index contributed by atoms with van der Waals surface area (Å²) in [5.41, 5.74) is 4.81. The van der Waals surface area contributed by atoms with E-state index in [9.17, 15) is 0 Å². The van der Waals surface area contributed by atoms with Crippen molar-refractivity contribution < 1.29 is 0 Å². The van der Waals surface area contributed by atoms with Crippen molar-refractivity contribution in [2.75, 3.05) is 0 Å². The number of thioether (sulfide) groups is 1. The molecule has 0 aliphatic rings. The largest absolute Gasteiger partial charge is 0.333 e. The van der Waals surface area contributed by atoms with E-state index >= 15 is 0 Å². The van der Waals surface area contributed by atoms with E-state index in [1.54, 1.807) is 11.8 Å². The molecule has 0 unspecified atom stereocenters. The minimum Gasteiger partial charge on any atom is -0.333 e. The highest BCUT2D eigenvalue weighted by Gasteiger charge is 2.04. The monoisotopic (exact) mass is 358 g/mol. The van der Waals surface area contributed by atoms with Crippen molar-refractivity contribution in [2.45, 2.75) is 17.8 Å². The van der Waals surface area contributed by atoms with Gasteiger partial charge >= 0.3 is 0 Å². The molecule has 2 aromatic carbocycles. The summed E-state index contributed by atoms with van der Waals surface area (Å²) in [5, 5.41) is 0.953. The Hall–Kier alpha value is -1.52. The van der Waals surface area contributed by atoms with Crippen molar-refractivity contribution in [3.05, 3.63) is 70.3 Å². The summed E-state index contributed by atoms with van der Waals surface area (Å²) in [7, 11) is 0. The molecule has 1 heterocycles. The number of hydrogen-bond acceptors (Lipinski definition) is 2. The lowest BCUT2D eigenvalue weighted by atomic mass is 10.2. The predicted octanol–water partition coefficient (Wildman–Crippen LogP) is 5.44. The van der Waals surface area contributed by atoms with Gasteiger partial charge in [-0.05, 0) is 30.2 Å². The number of nitrogens with zero attached hydrogens (tertiary/aromatic N) is 1. The molecule has 21 heavy (non-hydrogen) atoms. The van der Waals surface area contributed by atoms with E-state index in [0.717, 1.165) is 26.6 Å². The van der Waals surface area contributed by atoms with Crippen LogP contribution < -0.4 is 0 Å². The van der Waals surface area contributed by atoms with Crippen molar-refractivity contribution in [2.24, 2.45) is 0 Å². The first kappa shape index (κ1) is 14.4. The third-order valence-electron chi connectivity index (χ3n) is 3.17. The zero-order chi connectivity index (χ0) is 14.7. The SMILES string of the molecule is Cc1cccc(CSc2ncc(-c3ccc(Br)cc3)[nH]2)c1. The van der Waals surface area contributed by atoms with Crippen LogP contribution in [0.25, 0.3) is 11.3 Å². The minimum atomic E-state index is 0.926. The van der Waals surface area contributed by atoms with E-state index in [2.05, 4.69) is 69.2 Å². The molecule has 1 aromatic heterocycles. The maximum Gasteiger partial charge on any atom is 0.166 e. The second-order valence-electron chi connectivity index (χ2n) is 4.89. The third kappa shape index (κ3) is 3.77. The number of nitrogens with one attached hydrogen (secondary N) is 1. The first-order chi connectivity index (χ1) is 10.2. The van der Waals surface area contributed by atoms with E-state index in [-0.39, 0.29) is 0 Å². The molecule has 3 aromatic rings. The van der Waals surface area contributed by atoms with Crippen molar-refractivity contribution in [3.8, 4) is 11.3 Å². The first-order valence-electron chi connectivity index (χ1n) is 6.70. The summed E-state index contributed by atoms with van der Waals surface area (Å²) in [6.45, 7) is 2.12. The molecule has 106 valence electrons. The van der Waals surface area contributed by atoms with Gasteiger partial charge in [0.1, 0.15) is 0 Å². The van der Waals surface area contributed by atoms with Gasteiger partial charge in [-0.1, -0.05) is 69.7 Å². The molecule has 0 saturated heterocycles. The smallest absolute Gasteiger partial charge is 0.166 e. The molecular weight excluding hydrogens is 344 g/mol. The van der Waals surface area contributed by atoms with E-state index < -0.39 is 0 Å². The van der Waals surface area contributed by atoms with Gasteiger partial charge in [0.2, 0.25) is 0 Å². The van der Waals surface area contributed by atoms with Crippen molar-refractivity contribution in [1.82, 2.24) is 9.97 Å². The fourth-order valence-electron chi connectivity index (χ4n) is 2.11. The number of imidazole rings is 1. The van der Waals surface area contributed by atoms with Gasteiger partial charge in [0, 0.05) is 10.2 Å². The molecular formula is C17H15BrN2S. The topological polar surface area (TPSA) is 28.7 Å². The Morgan fingerprint density at radius 2 is 1.95 bits per heavy atom. The van der Waals surface area contributed by atoms with Crippen molar-refractivity contribution >= 4 is 27.7 Å². The standard InChI is InChI=1S/C17H15BrN2S/c1-12-3-2-4-13(9-12)11-21-17-19-10-16(20-17)14-5-7-15(18)8-6-14/h2-10H,11H2,1H3,(H,19,20). The Morgan fingerprint density at radius 1 is 1.14 bits per heavy atom. The summed E-state index contributed by atoms with van der Waals surface area (Å²) in [5.74, 6) is 0.926. The van der Waals surface area contributed by atoms with Crippen LogP contribution >= 0.6 is 27.7 Å². The molecule has 0 atom stereocenters. The van der Waals surface area contributed by atoms with Gasteiger partial charge in [-0.2, -0.15) is 0 Å². The number of rotatable bonds is 4. The maximum atomic E-state index is 4.45. The van der Waals surface area contributed by atoms with Crippen LogP contribution in [0.2, 0.25) is 0 Å². The molecule has 4 heteroatoms. The van der Waals surface area contributed by atoms with Crippen molar-refractivity contribution in [1.29, 1.82) is 0 Å². The highest BCUT2D eigenvalue weighted by atomic mass is 79.9. The molecule has 0 saturated carbocycles. The lowest BCUT2D eigenvalue weighted by Crippen LogP contribution is -1.83. The molecule has 0 amide bonds. The quantitative estimate of drug-likeness (QED) is 0.629. The molecule has 2 nitrogen and oxygen atoms in total. The fraction of sp³-hybridized carbons (Fsp3) is 0.118. The number of aromatic nitrogens is 2. The highest BCUT2D eigenvalue weighted by Crippen LogP contribution is 2.25. The molecule has 0 aliphatic carbocycles. The van der Waals surface area contributed by atoms with Crippen LogP contribution in [0.3, 0.4) is 0 Å². The average Bonchev–Trinajstić information content (AvgIpc) is 2.95. The van der Waals surface area contributed by atoms with Gasteiger partial charge in [-0.15, -0.1) is 0 Å². The lowest BCUT2D eigenvalue weighted by Gasteiger charge is -2.01. The van der Waals surface area contributed by atoms with Gasteiger partial charge in [-0.3, -0.25) is 0 Å². The van der Waals surface area contributed by atoms with Gasteiger partial charge < -0.3 is 4.98 Å². The van der Waals surface area contributed by atoms with Gasteiger partial charge in [0.25, 0.3) is 0 Å². The Labute approximate surface area is 137 Å². The molecule has 0 radical (unpaired) electrons. The molecule has 3 rings (SSSR count). The van der Waals surface area contributed by atoms with Gasteiger partial charge in [0.15, 0.2) is 5.16 Å². The predicted molar refractivity (Wildman–Crippen MR) is 92.5 cm³/mol. The summed E-state index contributed by atoms with van der Waals surface area (Å²) in [4.78, 5) is 7.82. The number of benzene rings is 2. The average molecular weight is 359 g/mol. The third-order valence-corrected chi connectivity index (χ3v) is 4.65. The van der Waals surface area contributed by atoms with E-state index in [4.69, 9.17) is 0 Å². The first-order valence-corrected chi connectivity index (χ1v) is 8.48. The van der Waals surface area contributed by atoms with E-state index in [1.165, 1.54) is 11.1 Å². The minimum absolute atomic E-state index is 0.926. The van der Waals surface area contributed by atoms with Gasteiger partial charge in [0.05, 0.1) is 11.9 Å². The Balaban J connectivity index is 1.69. The molecule has 0 fully saturated rings. The summed E-state index contributed by atoms with van der Waals surface area (Å²) in [6, 6.07) is 16.8. The number of aromatic amines is 1. The number of hydrogen-bond donors (Lipinski definition) is 1. The number of aryl methyl sites for hydroxylation is 1. The summed E-state index contributed by atoms with van der Waals surface area (Å²) < 4.78 is 1.08. The van der Waals surface area contributed by atoms with E-state index in [0.29, 0.717) is 0 Å². The van der Waals surface area contributed by atoms with Crippen LogP contribution in [0.4, 0.5) is 0 Å². The van der Waals surface area contributed by atoms with Crippen LogP contribution in [-0.2, 0) is 5.75 Å². The molecule has 0 aliphatic heterocycles. The van der Waals surface area contributed by atoms with E-state index in [1.807, 2.05) is 18.3 Å². The molecule has 0 spiro atoms. The maximum absolute atomic E-state index is 4.45. The number of halogens is 1. The second-order valence-corrected chi connectivity index (χ2v) is 6.77. The Bertz CT molecular complexity index is 735. The Kier molecular flexibility index (Phi) is 4.46. The fourth-order valence-corrected chi connectivity index (χ4v) is 3.16. The number of H-pyrrole nitrogens is 1. The van der Waals surface area contributed by atoms with Crippen LogP contribution in [0.15, 0.2) is 64.4 Å². The zero-order valence-corrected chi connectivity index (χ0v) is 14.0. The summed E-state index contributed by atoms with van der Waals surface area (Å²) in [6.07, 6.45) is 1.89.